The maximum absolute atomic E-state index is 12.6. The molecule has 0 unspecified atom stereocenters. The number of benzene rings is 1. The van der Waals surface area contributed by atoms with E-state index >= 15 is 0 Å². The molecular weight excluding hydrogens is 280 g/mol. The Hall–Kier alpha value is -2.24. The lowest BCUT2D eigenvalue weighted by atomic mass is 10.1. The summed E-state index contributed by atoms with van der Waals surface area (Å²) in [7, 11) is 0. The van der Waals surface area contributed by atoms with Crippen LogP contribution < -0.4 is 0 Å². The SMILES string of the molecule is O=C(c1cccc(-c2ccccc2)n1)N1CCOC[C@H](O)C1. The van der Waals surface area contributed by atoms with Crippen molar-refractivity contribution in [2.45, 2.75) is 6.10 Å². The quantitative estimate of drug-likeness (QED) is 0.914. The van der Waals surface area contributed by atoms with Crippen molar-refractivity contribution >= 4 is 5.91 Å². The van der Waals surface area contributed by atoms with E-state index in [1.807, 2.05) is 42.5 Å². The number of ether oxygens (including phenoxy) is 1. The zero-order valence-electron chi connectivity index (χ0n) is 12.2. The van der Waals surface area contributed by atoms with Gasteiger partial charge in [0.05, 0.1) is 25.0 Å². The minimum Gasteiger partial charge on any atom is -0.389 e. The number of β-amino-alcohol motifs (C(OH)–C–C–N with tert-alkyl or cyclic N) is 1. The molecule has 5 nitrogen and oxygen atoms in total. The maximum atomic E-state index is 12.6. The Kier molecular flexibility index (Phi) is 4.46. The molecule has 1 saturated heterocycles. The zero-order valence-corrected chi connectivity index (χ0v) is 12.2. The Morgan fingerprint density at radius 1 is 1.18 bits per heavy atom. The van der Waals surface area contributed by atoms with E-state index in [0.29, 0.717) is 18.8 Å². The molecule has 22 heavy (non-hydrogen) atoms. The fourth-order valence-electron chi connectivity index (χ4n) is 2.46. The second-order valence-electron chi connectivity index (χ2n) is 5.25. The zero-order chi connectivity index (χ0) is 15.4. The molecule has 1 fully saturated rings. The van der Waals surface area contributed by atoms with Crippen molar-refractivity contribution in [2.75, 3.05) is 26.3 Å². The molecular formula is C17H18N2O3. The van der Waals surface area contributed by atoms with Gasteiger partial charge in [0.1, 0.15) is 5.69 Å². The highest BCUT2D eigenvalue weighted by atomic mass is 16.5. The van der Waals surface area contributed by atoms with Gasteiger partial charge in [0.2, 0.25) is 0 Å². The van der Waals surface area contributed by atoms with Gasteiger partial charge in [0.25, 0.3) is 5.91 Å². The molecule has 114 valence electrons. The molecule has 1 aromatic heterocycles. The predicted molar refractivity (Wildman–Crippen MR) is 82.4 cm³/mol. The van der Waals surface area contributed by atoms with Crippen LogP contribution in [0.2, 0.25) is 0 Å². The first-order valence-corrected chi connectivity index (χ1v) is 7.31. The Bertz CT molecular complexity index is 645. The largest absolute Gasteiger partial charge is 0.389 e. The van der Waals surface area contributed by atoms with E-state index in [2.05, 4.69) is 4.98 Å². The van der Waals surface area contributed by atoms with E-state index < -0.39 is 6.10 Å². The number of aromatic nitrogens is 1. The highest BCUT2D eigenvalue weighted by Gasteiger charge is 2.23. The minimum absolute atomic E-state index is 0.178. The van der Waals surface area contributed by atoms with Crippen LogP contribution in [0, 0.1) is 0 Å². The smallest absolute Gasteiger partial charge is 0.272 e. The molecule has 1 amide bonds. The number of nitrogens with zero attached hydrogens (tertiary/aromatic N) is 2. The van der Waals surface area contributed by atoms with Gasteiger partial charge in [-0.2, -0.15) is 0 Å². The van der Waals surface area contributed by atoms with Crippen molar-refractivity contribution < 1.29 is 14.6 Å². The fraction of sp³-hybridized carbons (Fsp3) is 0.294. The molecule has 3 rings (SSSR count). The number of pyridine rings is 1. The second-order valence-corrected chi connectivity index (χ2v) is 5.25. The molecule has 0 aliphatic carbocycles. The summed E-state index contributed by atoms with van der Waals surface area (Å²) in [4.78, 5) is 18.6. The molecule has 2 heterocycles. The molecule has 0 radical (unpaired) electrons. The second kappa shape index (κ2) is 6.68. The Labute approximate surface area is 129 Å². The lowest BCUT2D eigenvalue weighted by molar-refractivity contribution is 0.0533. The third-order valence-electron chi connectivity index (χ3n) is 3.57. The Balaban J connectivity index is 1.84. The Morgan fingerprint density at radius 3 is 2.82 bits per heavy atom. The normalized spacial score (nSPS) is 18.8. The topological polar surface area (TPSA) is 62.7 Å². The Morgan fingerprint density at radius 2 is 2.00 bits per heavy atom. The van der Waals surface area contributed by atoms with Gasteiger partial charge in [-0.05, 0) is 12.1 Å². The lowest BCUT2D eigenvalue weighted by Crippen LogP contribution is -2.38. The highest BCUT2D eigenvalue weighted by molar-refractivity contribution is 5.93. The summed E-state index contributed by atoms with van der Waals surface area (Å²) in [5, 5.41) is 9.75. The summed E-state index contributed by atoms with van der Waals surface area (Å²) in [5.74, 6) is -0.178. The van der Waals surface area contributed by atoms with E-state index in [0.717, 1.165) is 11.3 Å². The van der Waals surface area contributed by atoms with Crippen molar-refractivity contribution in [1.82, 2.24) is 9.88 Å². The average Bonchev–Trinajstić information content (AvgIpc) is 2.79. The van der Waals surface area contributed by atoms with Crippen LogP contribution in [-0.2, 0) is 4.74 Å². The maximum Gasteiger partial charge on any atom is 0.272 e. The van der Waals surface area contributed by atoms with Gasteiger partial charge in [-0.3, -0.25) is 4.79 Å². The van der Waals surface area contributed by atoms with Crippen LogP contribution in [-0.4, -0.2) is 53.3 Å². The summed E-state index contributed by atoms with van der Waals surface area (Å²) in [5.41, 5.74) is 2.12. The third-order valence-corrected chi connectivity index (χ3v) is 3.57. The molecule has 1 N–H and O–H groups in total. The first-order valence-electron chi connectivity index (χ1n) is 7.31. The number of amides is 1. The summed E-state index contributed by atoms with van der Waals surface area (Å²) >= 11 is 0. The molecule has 1 atom stereocenters. The number of rotatable bonds is 2. The lowest BCUT2D eigenvalue weighted by Gasteiger charge is -2.21. The molecule has 1 aliphatic rings. The first-order chi connectivity index (χ1) is 10.7. The molecule has 0 spiro atoms. The molecule has 5 heteroatoms. The van der Waals surface area contributed by atoms with Crippen LogP contribution in [0.4, 0.5) is 0 Å². The van der Waals surface area contributed by atoms with E-state index in [1.54, 1.807) is 11.0 Å². The first kappa shape index (κ1) is 14.7. The summed E-state index contributed by atoms with van der Waals surface area (Å²) in [6.45, 7) is 1.44. The summed E-state index contributed by atoms with van der Waals surface area (Å²) in [6.07, 6.45) is -0.649. The monoisotopic (exact) mass is 298 g/mol. The number of hydrogen-bond acceptors (Lipinski definition) is 4. The van der Waals surface area contributed by atoms with E-state index in [-0.39, 0.29) is 19.1 Å². The third kappa shape index (κ3) is 3.32. The molecule has 2 aromatic rings. The summed E-state index contributed by atoms with van der Waals surface area (Å²) < 4.78 is 5.25. The van der Waals surface area contributed by atoms with E-state index in [1.165, 1.54) is 0 Å². The van der Waals surface area contributed by atoms with Crippen molar-refractivity contribution in [1.29, 1.82) is 0 Å². The number of aliphatic hydroxyl groups is 1. The van der Waals surface area contributed by atoms with Crippen LogP contribution in [0.25, 0.3) is 11.3 Å². The average molecular weight is 298 g/mol. The molecule has 0 bridgehead atoms. The van der Waals surface area contributed by atoms with E-state index in [4.69, 9.17) is 4.74 Å². The predicted octanol–water partition coefficient (Wildman–Crippen LogP) is 1.58. The van der Waals surface area contributed by atoms with Crippen LogP contribution in [0.5, 0.6) is 0 Å². The number of aliphatic hydroxyl groups excluding tert-OH is 1. The van der Waals surface area contributed by atoms with Crippen molar-refractivity contribution in [2.24, 2.45) is 0 Å². The van der Waals surface area contributed by atoms with Crippen LogP contribution in [0.3, 0.4) is 0 Å². The number of hydrogen-bond donors (Lipinski definition) is 1. The van der Waals surface area contributed by atoms with Gasteiger partial charge in [-0.15, -0.1) is 0 Å². The van der Waals surface area contributed by atoms with Crippen molar-refractivity contribution in [3.8, 4) is 11.3 Å². The van der Waals surface area contributed by atoms with Crippen molar-refractivity contribution in [3.63, 3.8) is 0 Å². The van der Waals surface area contributed by atoms with Crippen LogP contribution in [0.1, 0.15) is 10.5 Å². The van der Waals surface area contributed by atoms with Gasteiger partial charge >= 0.3 is 0 Å². The number of carbonyl (C=O) groups excluding carboxylic acids is 1. The van der Waals surface area contributed by atoms with Crippen LogP contribution in [0.15, 0.2) is 48.5 Å². The van der Waals surface area contributed by atoms with E-state index in [9.17, 15) is 9.90 Å². The van der Waals surface area contributed by atoms with Crippen molar-refractivity contribution in [3.05, 3.63) is 54.2 Å². The number of carbonyl (C=O) groups is 1. The summed E-state index contributed by atoms with van der Waals surface area (Å²) in [6, 6.07) is 15.1. The minimum atomic E-state index is -0.649. The molecule has 1 aromatic carbocycles. The van der Waals surface area contributed by atoms with Gasteiger partial charge < -0.3 is 14.7 Å². The van der Waals surface area contributed by atoms with Gasteiger partial charge in [-0.25, -0.2) is 4.98 Å². The molecule has 0 saturated carbocycles. The fourth-order valence-corrected chi connectivity index (χ4v) is 2.46. The molecule has 1 aliphatic heterocycles. The highest BCUT2D eigenvalue weighted by Crippen LogP contribution is 2.17. The van der Waals surface area contributed by atoms with Gasteiger partial charge in [-0.1, -0.05) is 36.4 Å². The van der Waals surface area contributed by atoms with Gasteiger partial charge in [0, 0.05) is 18.7 Å². The van der Waals surface area contributed by atoms with Gasteiger partial charge in [0.15, 0.2) is 0 Å². The van der Waals surface area contributed by atoms with Crippen LogP contribution >= 0.6 is 0 Å². The standard InChI is InChI=1S/C17H18N2O3/c20-14-11-19(9-10-22-12-14)17(21)16-8-4-7-15(18-16)13-5-2-1-3-6-13/h1-8,14,20H,9-12H2/t14-/m1/s1.